The lowest BCUT2D eigenvalue weighted by molar-refractivity contribution is 0.0271. The summed E-state index contributed by atoms with van der Waals surface area (Å²) in [6.07, 6.45) is 7.82. The molecule has 0 aromatic heterocycles. The summed E-state index contributed by atoms with van der Waals surface area (Å²) in [6, 6.07) is 0. The second-order valence-electron chi connectivity index (χ2n) is 6.37. The van der Waals surface area contributed by atoms with Gasteiger partial charge in [-0.25, -0.2) is 0 Å². The number of rotatable bonds is 1. The first-order valence-corrected chi connectivity index (χ1v) is 6.10. The van der Waals surface area contributed by atoms with Crippen LogP contribution in [-0.4, -0.2) is 0 Å². The highest BCUT2D eigenvalue weighted by molar-refractivity contribution is 5.17. The highest BCUT2D eigenvalue weighted by Crippen LogP contribution is 2.76. The highest BCUT2D eigenvalue weighted by atomic mass is 14.7. The number of fused-ring (bicyclic) bond motifs is 3. The summed E-state index contributed by atoms with van der Waals surface area (Å²) in [7, 11) is 0. The summed E-state index contributed by atoms with van der Waals surface area (Å²) in [4.78, 5) is 0. The Hall–Kier alpha value is 0. The smallest absolute Gasteiger partial charge is 0.0215 e. The zero-order valence-electron chi connectivity index (χ0n) is 9.27. The summed E-state index contributed by atoms with van der Waals surface area (Å²) in [6.45, 7) is 7.52. The molecule has 4 atom stereocenters. The molecule has 3 bridgehead atoms. The molecule has 3 aliphatic carbocycles. The van der Waals surface area contributed by atoms with E-state index in [0.29, 0.717) is 0 Å². The second kappa shape index (κ2) is 2.15. The van der Waals surface area contributed by atoms with Gasteiger partial charge in [-0.1, -0.05) is 20.8 Å². The van der Waals surface area contributed by atoms with E-state index in [1.807, 2.05) is 0 Å². The normalized spacial score (nSPS) is 58.2. The Morgan fingerprint density at radius 1 is 1.15 bits per heavy atom. The Morgan fingerprint density at radius 3 is 2.31 bits per heavy atom. The molecule has 0 radical (unpaired) electrons. The molecule has 1 spiro atoms. The lowest BCUT2D eigenvalue weighted by atomic mass is 9.59. The van der Waals surface area contributed by atoms with E-state index in [9.17, 15) is 0 Å². The summed E-state index contributed by atoms with van der Waals surface area (Å²) < 4.78 is 0. The van der Waals surface area contributed by atoms with Gasteiger partial charge in [0.2, 0.25) is 0 Å². The van der Waals surface area contributed by atoms with Crippen molar-refractivity contribution in [1.29, 1.82) is 0 Å². The van der Waals surface area contributed by atoms with E-state index in [1.54, 1.807) is 32.1 Å². The van der Waals surface area contributed by atoms with Gasteiger partial charge in [-0.15, -0.1) is 0 Å². The first-order chi connectivity index (χ1) is 6.10. The predicted molar refractivity (Wildman–Crippen MR) is 55.4 cm³/mol. The SMILES string of the molecule is CC(C)C1(C)C2CCC13CCC2C3. The van der Waals surface area contributed by atoms with Crippen LogP contribution in [0.15, 0.2) is 0 Å². The van der Waals surface area contributed by atoms with Gasteiger partial charge in [0.15, 0.2) is 0 Å². The topological polar surface area (TPSA) is 0 Å². The molecule has 4 unspecified atom stereocenters. The maximum atomic E-state index is 2.61. The Kier molecular flexibility index (Phi) is 1.37. The minimum atomic E-state index is 0.718. The van der Waals surface area contributed by atoms with Crippen molar-refractivity contribution >= 4 is 0 Å². The van der Waals surface area contributed by atoms with E-state index in [-0.39, 0.29) is 0 Å². The first-order valence-electron chi connectivity index (χ1n) is 6.10. The van der Waals surface area contributed by atoms with Crippen LogP contribution in [0, 0.1) is 28.6 Å². The Bertz CT molecular complexity index is 238. The molecule has 0 N–H and O–H groups in total. The van der Waals surface area contributed by atoms with E-state index in [4.69, 9.17) is 0 Å². The zero-order chi connectivity index (χ0) is 9.27. The lowest BCUT2D eigenvalue weighted by Crippen LogP contribution is -2.39. The van der Waals surface area contributed by atoms with E-state index < -0.39 is 0 Å². The second-order valence-corrected chi connectivity index (χ2v) is 6.37. The maximum Gasteiger partial charge on any atom is -0.0215 e. The van der Waals surface area contributed by atoms with Gasteiger partial charge in [-0.3, -0.25) is 0 Å². The Labute approximate surface area is 82.1 Å². The summed E-state index contributed by atoms with van der Waals surface area (Å²) in [5.74, 6) is 3.13. The quantitative estimate of drug-likeness (QED) is 0.572. The molecule has 0 aromatic rings. The Morgan fingerprint density at radius 2 is 1.85 bits per heavy atom. The van der Waals surface area contributed by atoms with Crippen molar-refractivity contribution in [3.8, 4) is 0 Å². The average molecular weight is 178 g/mol. The van der Waals surface area contributed by atoms with Gasteiger partial charge >= 0.3 is 0 Å². The van der Waals surface area contributed by atoms with Crippen LogP contribution >= 0.6 is 0 Å². The molecule has 3 saturated carbocycles. The molecule has 0 heteroatoms. The molecule has 0 aliphatic heterocycles. The van der Waals surface area contributed by atoms with Crippen molar-refractivity contribution in [3.05, 3.63) is 0 Å². The standard InChI is InChI=1S/C13H22/c1-9(2)12(3)11-5-7-13(12)6-4-10(11)8-13/h9-11H,4-8H2,1-3H3. The summed E-state index contributed by atoms with van der Waals surface area (Å²) in [5.41, 5.74) is 1.52. The highest BCUT2D eigenvalue weighted by Gasteiger charge is 2.68. The van der Waals surface area contributed by atoms with Crippen molar-refractivity contribution in [3.63, 3.8) is 0 Å². The fourth-order valence-corrected chi connectivity index (χ4v) is 5.39. The van der Waals surface area contributed by atoms with Crippen molar-refractivity contribution in [2.75, 3.05) is 0 Å². The number of hydrogen-bond donors (Lipinski definition) is 0. The van der Waals surface area contributed by atoms with Crippen LogP contribution in [-0.2, 0) is 0 Å². The maximum absolute atomic E-state index is 2.61. The van der Waals surface area contributed by atoms with Crippen molar-refractivity contribution in [2.45, 2.75) is 52.9 Å². The van der Waals surface area contributed by atoms with Crippen LogP contribution in [0.1, 0.15) is 52.9 Å². The van der Waals surface area contributed by atoms with Crippen LogP contribution in [0.25, 0.3) is 0 Å². The molecule has 0 nitrogen and oxygen atoms in total. The zero-order valence-corrected chi connectivity index (χ0v) is 9.27. The van der Waals surface area contributed by atoms with E-state index in [1.165, 1.54) is 0 Å². The largest absolute Gasteiger partial charge is 0.0622 e. The third-order valence-corrected chi connectivity index (χ3v) is 6.26. The molecule has 3 aliphatic rings. The number of hydrogen-bond acceptors (Lipinski definition) is 0. The summed E-state index contributed by atoms with van der Waals surface area (Å²) >= 11 is 0. The molecule has 3 rings (SSSR count). The summed E-state index contributed by atoms with van der Waals surface area (Å²) in [5, 5.41) is 0. The van der Waals surface area contributed by atoms with E-state index in [0.717, 1.165) is 28.6 Å². The van der Waals surface area contributed by atoms with Gasteiger partial charge in [0.25, 0.3) is 0 Å². The average Bonchev–Trinajstić information content (AvgIpc) is 2.64. The fraction of sp³-hybridized carbons (Fsp3) is 1.00. The monoisotopic (exact) mass is 178 g/mol. The predicted octanol–water partition coefficient (Wildman–Crippen LogP) is 3.86. The fourth-order valence-electron chi connectivity index (χ4n) is 5.39. The third-order valence-electron chi connectivity index (χ3n) is 6.26. The van der Waals surface area contributed by atoms with E-state index >= 15 is 0 Å². The minimum absolute atomic E-state index is 0.718. The van der Waals surface area contributed by atoms with Gasteiger partial charge in [-0.05, 0) is 60.7 Å². The van der Waals surface area contributed by atoms with Crippen molar-refractivity contribution in [2.24, 2.45) is 28.6 Å². The van der Waals surface area contributed by atoms with Gasteiger partial charge in [0.1, 0.15) is 0 Å². The van der Waals surface area contributed by atoms with Gasteiger partial charge in [0, 0.05) is 0 Å². The van der Waals surface area contributed by atoms with Gasteiger partial charge < -0.3 is 0 Å². The lowest BCUT2D eigenvalue weighted by Gasteiger charge is -2.45. The van der Waals surface area contributed by atoms with Crippen LogP contribution in [0.2, 0.25) is 0 Å². The van der Waals surface area contributed by atoms with Crippen molar-refractivity contribution in [1.82, 2.24) is 0 Å². The first kappa shape index (κ1) is 8.32. The molecule has 0 saturated heterocycles. The van der Waals surface area contributed by atoms with E-state index in [2.05, 4.69) is 20.8 Å². The van der Waals surface area contributed by atoms with Crippen LogP contribution in [0.5, 0.6) is 0 Å². The molecular weight excluding hydrogens is 156 g/mol. The molecule has 3 fully saturated rings. The van der Waals surface area contributed by atoms with Gasteiger partial charge in [-0.2, -0.15) is 0 Å². The molecule has 0 amide bonds. The molecule has 0 aromatic carbocycles. The molecule has 0 heterocycles. The third kappa shape index (κ3) is 0.680. The van der Waals surface area contributed by atoms with Gasteiger partial charge in [0.05, 0.1) is 0 Å². The molecule has 74 valence electrons. The van der Waals surface area contributed by atoms with Crippen LogP contribution in [0.4, 0.5) is 0 Å². The Balaban J connectivity index is 2.08. The minimum Gasteiger partial charge on any atom is -0.0622 e. The van der Waals surface area contributed by atoms with Crippen LogP contribution in [0.3, 0.4) is 0 Å². The molecular formula is C13H22. The van der Waals surface area contributed by atoms with Crippen LogP contribution < -0.4 is 0 Å². The van der Waals surface area contributed by atoms with Crippen molar-refractivity contribution < 1.29 is 0 Å². The molecule has 13 heavy (non-hydrogen) atoms.